The smallest absolute Gasteiger partial charge is 0.287 e. The predicted octanol–water partition coefficient (Wildman–Crippen LogP) is 2.45. The van der Waals surface area contributed by atoms with Crippen LogP contribution in [0.5, 0.6) is 0 Å². The first-order chi connectivity index (χ1) is 7.86. The summed E-state index contributed by atoms with van der Waals surface area (Å²) in [6.45, 7) is 0. The second kappa shape index (κ2) is 5.49. The molecular formula is C12H17N3O. The van der Waals surface area contributed by atoms with Gasteiger partial charge < -0.3 is 4.98 Å². The fourth-order valence-electron chi connectivity index (χ4n) is 1.91. The minimum absolute atomic E-state index is 0.165. The number of amides is 1. The molecule has 0 unspecified atom stereocenters. The number of carbonyl (C=O) groups excluding carboxylic acids is 1. The van der Waals surface area contributed by atoms with E-state index < -0.39 is 0 Å². The molecule has 16 heavy (non-hydrogen) atoms. The summed E-state index contributed by atoms with van der Waals surface area (Å²) >= 11 is 0. The van der Waals surface area contributed by atoms with Crippen LogP contribution >= 0.6 is 0 Å². The lowest BCUT2D eigenvalue weighted by Crippen LogP contribution is -2.19. The van der Waals surface area contributed by atoms with Gasteiger partial charge in [0.15, 0.2) is 0 Å². The monoisotopic (exact) mass is 219 g/mol. The van der Waals surface area contributed by atoms with Crippen LogP contribution in [0, 0.1) is 0 Å². The van der Waals surface area contributed by atoms with Crippen molar-refractivity contribution in [3.63, 3.8) is 0 Å². The molecule has 4 nitrogen and oxygen atoms in total. The van der Waals surface area contributed by atoms with Crippen LogP contribution in [0.4, 0.5) is 0 Å². The zero-order chi connectivity index (χ0) is 11.2. The first kappa shape index (κ1) is 10.9. The number of carbonyl (C=O) groups is 1. The van der Waals surface area contributed by atoms with E-state index in [2.05, 4.69) is 15.5 Å². The minimum Gasteiger partial charge on any atom is -0.357 e. The van der Waals surface area contributed by atoms with Crippen LogP contribution in [0.25, 0.3) is 0 Å². The Kier molecular flexibility index (Phi) is 3.75. The summed E-state index contributed by atoms with van der Waals surface area (Å²) < 4.78 is 0. The van der Waals surface area contributed by atoms with Crippen molar-refractivity contribution in [3.05, 3.63) is 24.0 Å². The summed E-state index contributed by atoms with van der Waals surface area (Å²) in [5.41, 5.74) is 4.28. The molecule has 0 radical (unpaired) electrons. The van der Waals surface area contributed by atoms with Crippen molar-refractivity contribution < 1.29 is 4.79 Å². The van der Waals surface area contributed by atoms with Gasteiger partial charge in [-0.3, -0.25) is 4.79 Å². The average molecular weight is 219 g/mol. The molecule has 2 rings (SSSR count). The topological polar surface area (TPSA) is 57.2 Å². The maximum Gasteiger partial charge on any atom is 0.287 e. The number of aromatic amines is 1. The van der Waals surface area contributed by atoms with Crippen molar-refractivity contribution in [2.24, 2.45) is 5.10 Å². The molecule has 0 saturated heterocycles. The van der Waals surface area contributed by atoms with Gasteiger partial charge in [0.2, 0.25) is 0 Å². The molecule has 0 atom stereocenters. The fourth-order valence-corrected chi connectivity index (χ4v) is 1.91. The van der Waals surface area contributed by atoms with Crippen LogP contribution < -0.4 is 5.43 Å². The van der Waals surface area contributed by atoms with E-state index in [4.69, 9.17) is 0 Å². The Bertz CT molecular complexity index is 358. The molecule has 1 heterocycles. The summed E-state index contributed by atoms with van der Waals surface area (Å²) in [5, 5.41) is 4.20. The van der Waals surface area contributed by atoms with E-state index in [-0.39, 0.29) is 5.91 Å². The minimum atomic E-state index is -0.165. The summed E-state index contributed by atoms with van der Waals surface area (Å²) in [4.78, 5) is 14.4. The summed E-state index contributed by atoms with van der Waals surface area (Å²) in [7, 11) is 0. The molecule has 0 aliphatic heterocycles. The zero-order valence-electron chi connectivity index (χ0n) is 9.33. The van der Waals surface area contributed by atoms with Gasteiger partial charge in [0.1, 0.15) is 5.69 Å². The molecule has 86 valence electrons. The molecule has 0 spiro atoms. The van der Waals surface area contributed by atoms with Crippen molar-refractivity contribution in [3.8, 4) is 0 Å². The van der Waals surface area contributed by atoms with E-state index in [1.165, 1.54) is 25.7 Å². The van der Waals surface area contributed by atoms with E-state index in [1.807, 2.05) is 0 Å². The highest BCUT2D eigenvalue weighted by atomic mass is 16.2. The zero-order valence-corrected chi connectivity index (χ0v) is 9.33. The fraction of sp³-hybridized carbons (Fsp3) is 0.500. The molecule has 1 aromatic rings. The molecule has 1 aliphatic rings. The van der Waals surface area contributed by atoms with E-state index >= 15 is 0 Å². The van der Waals surface area contributed by atoms with Crippen LogP contribution in [0.1, 0.15) is 49.0 Å². The maximum atomic E-state index is 11.6. The molecule has 1 saturated carbocycles. The van der Waals surface area contributed by atoms with Crippen molar-refractivity contribution in [1.29, 1.82) is 0 Å². The molecule has 1 amide bonds. The number of aromatic nitrogens is 1. The van der Waals surface area contributed by atoms with Crippen LogP contribution in [0.2, 0.25) is 0 Å². The van der Waals surface area contributed by atoms with Crippen LogP contribution in [0.15, 0.2) is 23.4 Å². The Labute approximate surface area is 95.1 Å². The predicted molar refractivity (Wildman–Crippen MR) is 63.4 cm³/mol. The lowest BCUT2D eigenvalue weighted by Gasteiger charge is -2.02. The van der Waals surface area contributed by atoms with Gasteiger partial charge >= 0.3 is 0 Å². The Morgan fingerprint density at radius 2 is 2.00 bits per heavy atom. The largest absolute Gasteiger partial charge is 0.357 e. The maximum absolute atomic E-state index is 11.6. The van der Waals surface area contributed by atoms with Crippen LogP contribution in [-0.4, -0.2) is 16.6 Å². The molecule has 1 fully saturated rings. The normalized spacial score (nSPS) is 16.6. The van der Waals surface area contributed by atoms with Gasteiger partial charge in [0, 0.05) is 11.9 Å². The number of nitrogens with one attached hydrogen (secondary N) is 2. The molecule has 4 heteroatoms. The van der Waals surface area contributed by atoms with E-state index in [0.717, 1.165) is 18.6 Å². The number of hydrogen-bond donors (Lipinski definition) is 2. The lowest BCUT2D eigenvalue weighted by atomic mass is 10.2. The quantitative estimate of drug-likeness (QED) is 0.582. The third kappa shape index (κ3) is 2.95. The Balaban J connectivity index is 1.89. The highest BCUT2D eigenvalue weighted by Crippen LogP contribution is 2.14. The summed E-state index contributed by atoms with van der Waals surface area (Å²) in [5.74, 6) is -0.165. The van der Waals surface area contributed by atoms with E-state index in [0.29, 0.717) is 5.69 Å². The second-order valence-corrected chi connectivity index (χ2v) is 4.12. The second-order valence-electron chi connectivity index (χ2n) is 4.12. The third-order valence-electron chi connectivity index (χ3n) is 2.84. The highest BCUT2D eigenvalue weighted by molar-refractivity contribution is 5.94. The van der Waals surface area contributed by atoms with Crippen LogP contribution in [0.3, 0.4) is 0 Å². The van der Waals surface area contributed by atoms with Gasteiger partial charge in [-0.1, -0.05) is 12.8 Å². The Morgan fingerprint density at radius 1 is 1.25 bits per heavy atom. The number of hydrogen-bond acceptors (Lipinski definition) is 2. The lowest BCUT2D eigenvalue weighted by molar-refractivity contribution is 0.0950. The standard InChI is InChI=1S/C12H17N3O/c16-12(11-8-5-9-13-11)15-14-10-6-3-1-2-4-7-10/h5,8-9,13H,1-4,6-7H2,(H,15,16). The molecular weight excluding hydrogens is 202 g/mol. The Morgan fingerprint density at radius 3 is 2.62 bits per heavy atom. The molecule has 0 aromatic carbocycles. The van der Waals surface area contributed by atoms with Crippen LogP contribution in [-0.2, 0) is 0 Å². The van der Waals surface area contributed by atoms with E-state index in [9.17, 15) is 4.79 Å². The van der Waals surface area contributed by atoms with Gasteiger partial charge in [-0.25, -0.2) is 5.43 Å². The van der Waals surface area contributed by atoms with Crippen molar-refractivity contribution in [2.75, 3.05) is 0 Å². The number of H-pyrrole nitrogens is 1. The molecule has 0 bridgehead atoms. The van der Waals surface area contributed by atoms with E-state index in [1.54, 1.807) is 18.3 Å². The SMILES string of the molecule is O=C(NN=C1CCCCCC1)c1ccc[nH]1. The number of hydrazone groups is 1. The molecule has 1 aliphatic carbocycles. The summed E-state index contributed by atoms with van der Waals surface area (Å²) in [6.07, 6.45) is 8.71. The van der Waals surface area contributed by atoms with Gasteiger partial charge in [0.05, 0.1) is 0 Å². The summed E-state index contributed by atoms with van der Waals surface area (Å²) in [6, 6.07) is 3.54. The molecule has 1 aromatic heterocycles. The first-order valence-electron chi connectivity index (χ1n) is 5.85. The van der Waals surface area contributed by atoms with Crippen molar-refractivity contribution in [1.82, 2.24) is 10.4 Å². The van der Waals surface area contributed by atoms with Gasteiger partial charge in [-0.2, -0.15) is 5.10 Å². The third-order valence-corrected chi connectivity index (χ3v) is 2.84. The van der Waals surface area contributed by atoms with Crippen molar-refractivity contribution in [2.45, 2.75) is 38.5 Å². The number of rotatable bonds is 2. The average Bonchev–Trinajstić information content (AvgIpc) is 2.71. The van der Waals surface area contributed by atoms with Gasteiger partial charge in [-0.15, -0.1) is 0 Å². The first-order valence-corrected chi connectivity index (χ1v) is 5.85. The highest BCUT2D eigenvalue weighted by Gasteiger charge is 2.08. The van der Waals surface area contributed by atoms with Gasteiger partial charge in [-0.05, 0) is 37.8 Å². The number of nitrogens with zero attached hydrogens (tertiary/aromatic N) is 1. The molecule has 2 N–H and O–H groups in total. The van der Waals surface area contributed by atoms with Crippen molar-refractivity contribution >= 4 is 11.6 Å². The van der Waals surface area contributed by atoms with Gasteiger partial charge in [0.25, 0.3) is 5.91 Å². The Hall–Kier alpha value is -1.58.